The van der Waals surface area contributed by atoms with E-state index < -0.39 is 5.97 Å². The van der Waals surface area contributed by atoms with Crippen LogP contribution in [0.2, 0.25) is 0 Å². The summed E-state index contributed by atoms with van der Waals surface area (Å²) in [6, 6.07) is 7.74. The maximum atomic E-state index is 12.4. The molecule has 5 nitrogen and oxygen atoms in total. The van der Waals surface area contributed by atoms with Crippen LogP contribution < -0.4 is 5.56 Å². The van der Waals surface area contributed by atoms with Gasteiger partial charge in [-0.05, 0) is 13.0 Å². The number of ether oxygens (including phenoxy) is 1. The Kier molecular flexibility index (Phi) is 3.23. The van der Waals surface area contributed by atoms with Crippen molar-refractivity contribution in [2.75, 3.05) is 6.61 Å². The van der Waals surface area contributed by atoms with Crippen LogP contribution in [0.15, 0.2) is 35.4 Å². The van der Waals surface area contributed by atoms with Crippen LogP contribution in [0.5, 0.6) is 0 Å². The summed E-state index contributed by atoms with van der Waals surface area (Å²) in [4.78, 5) is 28.1. The molecule has 2 heterocycles. The van der Waals surface area contributed by atoms with E-state index in [9.17, 15) is 9.59 Å². The number of rotatable bonds is 3. The van der Waals surface area contributed by atoms with Gasteiger partial charge in [0.2, 0.25) is 0 Å². The highest BCUT2D eigenvalue weighted by molar-refractivity contribution is 7.25. The first-order chi connectivity index (χ1) is 9.70. The monoisotopic (exact) mass is 288 g/mol. The number of hydrogen-bond donors (Lipinski definition) is 0. The molecule has 0 saturated carbocycles. The van der Waals surface area contributed by atoms with E-state index in [2.05, 4.69) is 4.98 Å². The van der Waals surface area contributed by atoms with E-state index in [4.69, 9.17) is 4.74 Å². The molecule has 20 heavy (non-hydrogen) atoms. The number of fused-ring (bicyclic) bond motifs is 3. The average molecular weight is 288 g/mol. The molecule has 0 unspecified atom stereocenters. The minimum absolute atomic E-state index is 0.107. The van der Waals surface area contributed by atoms with E-state index in [0.29, 0.717) is 16.8 Å². The van der Waals surface area contributed by atoms with Gasteiger partial charge in [-0.15, -0.1) is 11.3 Å². The van der Waals surface area contributed by atoms with Crippen LogP contribution in [0.4, 0.5) is 0 Å². The number of esters is 1. The minimum atomic E-state index is -0.433. The second-order valence-corrected chi connectivity index (χ2v) is 5.31. The zero-order valence-corrected chi connectivity index (χ0v) is 11.6. The third-order valence-corrected chi connectivity index (χ3v) is 4.10. The lowest BCUT2D eigenvalue weighted by Gasteiger charge is -2.04. The molecule has 0 aliphatic heterocycles. The van der Waals surface area contributed by atoms with Crippen molar-refractivity contribution in [1.29, 1.82) is 0 Å². The lowest BCUT2D eigenvalue weighted by atomic mass is 10.2. The quantitative estimate of drug-likeness (QED) is 0.693. The topological polar surface area (TPSA) is 61.2 Å². The largest absolute Gasteiger partial charge is 0.465 e. The molecule has 0 aliphatic carbocycles. The van der Waals surface area contributed by atoms with Crippen LogP contribution in [-0.2, 0) is 16.1 Å². The van der Waals surface area contributed by atoms with Gasteiger partial charge in [0.05, 0.1) is 18.5 Å². The van der Waals surface area contributed by atoms with Gasteiger partial charge in [-0.3, -0.25) is 14.2 Å². The highest BCUT2D eigenvalue weighted by Crippen LogP contribution is 2.29. The molecule has 6 heteroatoms. The summed E-state index contributed by atoms with van der Waals surface area (Å²) in [5, 5.41) is 0.966. The Labute approximate surface area is 118 Å². The van der Waals surface area contributed by atoms with Gasteiger partial charge in [0.15, 0.2) is 0 Å². The highest BCUT2D eigenvalue weighted by Gasteiger charge is 2.13. The summed E-state index contributed by atoms with van der Waals surface area (Å²) in [6.45, 7) is 1.92. The second-order valence-electron chi connectivity index (χ2n) is 4.26. The molecule has 0 bridgehead atoms. The van der Waals surface area contributed by atoms with Crippen molar-refractivity contribution in [2.45, 2.75) is 13.5 Å². The maximum absolute atomic E-state index is 12.4. The SMILES string of the molecule is CCOC(=O)Cn1cnc2c(sc3ccccc32)c1=O. The van der Waals surface area contributed by atoms with Crippen molar-refractivity contribution in [3.63, 3.8) is 0 Å². The fourth-order valence-electron chi connectivity index (χ4n) is 2.07. The van der Waals surface area contributed by atoms with E-state index in [1.54, 1.807) is 6.92 Å². The second kappa shape index (κ2) is 5.05. The number of carbonyl (C=O) groups is 1. The van der Waals surface area contributed by atoms with Gasteiger partial charge >= 0.3 is 5.97 Å². The summed E-state index contributed by atoms with van der Waals surface area (Å²) < 4.78 is 7.72. The smallest absolute Gasteiger partial charge is 0.326 e. The first kappa shape index (κ1) is 12.8. The van der Waals surface area contributed by atoms with Gasteiger partial charge < -0.3 is 4.74 Å². The van der Waals surface area contributed by atoms with Gasteiger partial charge in [-0.25, -0.2) is 4.98 Å². The molecule has 0 N–H and O–H groups in total. The first-order valence-electron chi connectivity index (χ1n) is 6.23. The molecular weight excluding hydrogens is 276 g/mol. The summed E-state index contributed by atoms with van der Waals surface area (Å²) in [5.74, 6) is -0.433. The van der Waals surface area contributed by atoms with Gasteiger partial charge in [0, 0.05) is 10.1 Å². The van der Waals surface area contributed by atoms with Crippen molar-refractivity contribution < 1.29 is 9.53 Å². The van der Waals surface area contributed by atoms with E-state index in [0.717, 1.165) is 10.1 Å². The lowest BCUT2D eigenvalue weighted by molar-refractivity contribution is -0.143. The van der Waals surface area contributed by atoms with Gasteiger partial charge in [-0.2, -0.15) is 0 Å². The normalized spacial score (nSPS) is 11.1. The van der Waals surface area contributed by atoms with Crippen molar-refractivity contribution >= 4 is 37.6 Å². The molecule has 3 rings (SSSR count). The summed E-state index contributed by atoms with van der Waals surface area (Å²) in [6.07, 6.45) is 1.40. The van der Waals surface area contributed by atoms with Crippen molar-refractivity contribution in [3.8, 4) is 0 Å². The molecule has 3 aromatic rings. The number of carbonyl (C=O) groups excluding carboxylic acids is 1. The molecule has 102 valence electrons. The van der Waals surface area contributed by atoms with Crippen molar-refractivity contribution in [3.05, 3.63) is 40.9 Å². The third-order valence-electron chi connectivity index (χ3n) is 2.96. The molecule has 0 fully saturated rings. The van der Waals surface area contributed by atoms with E-state index in [1.807, 2.05) is 24.3 Å². The van der Waals surface area contributed by atoms with E-state index >= 15 is 0 Å². The lowest BCUT2D eigenvalue weighted by Crippen LogP contribution is -2.25. The fourth-order valence-corrected chi connectivity index (χ4v) is 3.18. The van der Waals surface area contributed by atoms with Crippen LogP contribution in [0.1, 0.15) is 6.92 Å². The molecule has 0 aliphatic rings. The summed E-state index contributed by atoms with van der Waals surface area (Å²) in [5.41, 5.74) is 0.486. The molecule has 0 amide bonds. The summed E-state index contributed by atoms with van der Waals surface area (Å²) >= 11 is 1.39. The Bertz CT molecular complexity index is 850. The molecule has 1 aromatic carbocycles. The molecule has 2 aromatic heterocycles. The number of hydrogen-bond acceptors (Lipinski definition) is 5. The summed E-state index contributed by atoms with van der Waals surface area (Å²) in [7, 11) is 0. The van der Waals surface area contributed by atoms with Crippen LogP contribution in [0, 0.1) is 0 Å². The van der Waals surface area contributed by atoms with Crippen molar-refractivity contribution in [2.24, 2.45) is 0 Å². The van der Waals surface area contributed by atoms with Crippen LogP contribution in [0.3, 0.4) is 0 Å². The average Bonchev–Trinajstić information content (AvgIpc) is 2.82. The Morgan fingerprint density at radius 1 is 1.40 bits per heavy atom. The van der Waals surface area contributed by atoms with Crippen molar-refractivity contribution in [1.82, 2.24) is 9.55 Å². The maximum Gasteiger partial charge on any atom is 0.326 e. The zero-order chi connectivity index (χ0) is 14.1. The van der Waals surface area contributed by atoms with E-state index in [1.165, 1.54) is 22.2 Å². The third kappa shape index (κ3) is 2.08. The Morgan fingerprint density at radius 2 is 2.20 bits per heavy atom. The van der Waals surface area contributed by atoms with Gasteiger partial charge in [0.25, 0.3) is 5.56 Å². The predicted octanol–water partition coefficient (Wildman–Crippen LogP) is 2.17. The van der Waals surface area contributed by atoms with Crippen LogP contribution in [-0.4, -0.2) is 22.1 Å². The molecule has 0 spiro atoms. The Hall–Kier alpha value is -2.21. The van der Waals surface area contributed by atoms with Crippen LogP contribution in [0.25, 0.3) is 20.3 Å². The molecule has 0 radical (unpaired) electrons. The highest BCUT2D eigenvalue weighted by atomic mass is 32.1. The fraction of sp³-hybridized carbons (Fsp3) is 0.214. The number of benzene rings is 1. The van der Waals surface area contributed by atoms with Gasteiger partial charge in [0.1, 0.15) is 11.2 Å². The Morgan fingerprint density at radius 3 is 3.00 bits per heavy atom. The minimum Gasteiger partial charge on any atom is -0.465 e. The Balaban J connectivity index is 2.13. The number of thiophene rings is 1. The molecular formula is C14H12N2O3S. The van der Waals surface area contributed by atoms with Gasteiger partial charge in [-0.1, -0.05) is 18.2 Å². The van der Waals surface area contributed by atoms with Crippen LogP contribution >= 0.6 is 11.3 Å². The standard InChI is InChI=1S/C14H12N2O3S/c1-2-19-11(17)7-16-8-15-12-9-5-3-4-6-10(9)20-13(12)14(16)18/h3-6,8H,2,7H2,1H3. The predicted molar refractivity (Wildman–Crippen MR) is 78.0 cm³/mol. The number of aromatic nitrogens is 2. The molecule has 0 saturated heterocycles. The molecule has 0 atom stereocenters. The number of nitrogens with zero attached hydrogens (tertiary/aromatic N) is 2. The van der Waals surface area contributed by atoms with E-state index in [-0.39, 0.29) is 12.1 Å². The zero-order valence-electron chi connectivity index (χ0n) is 10.8. The first-order valence-corrected chi connectivity index (χ1v) is 7.04.